The molecule has 0 spiro atoms. The van der Waals surface area contributed by atoms with Gasteiger partial charge in [0.05, 0.1) is 5.69 Å². The van der Waals surface area contributed by atoms with Crippen molar-refractivity contribution in [2.24, 2.45) is 0 Å². The molecule has 1 aromatic heterocycles. The second kappa shape index (κ2) is 8.48. The van der Waals surface area contributed by atoms with Crippen molar-refractivity contribution in [1.82, 2.24) is 10.5 Å². The fourth-order valence-electron chi connectivity index (χ4n) is 3.24. The fourth-order valence-corrected chi connectivity index (χ4v) is 3.24. The van der Waals surface area contributed by atoms with E-state index in [1.807, 2.05) is 50.2 Å². The monoisotopic (exact) mass is 348 g/mol. The number of aryl methyl sites for hydroxylation is 2. The van der Waals surface area contributed by atoms with E-state index in [-0.39, 0.29) is 11.8 Å². The Hall–Kier alpha value is -2.88. The van der Waals surface area contributed by atoms with E-state index in [4.69, 9.17) is 4.52 Å². The number of rotatable bonds is 7. The molecule has 0 saturated heterocycles. The van der Waals surface area contributed by atoms with Crippen LogP contribution in [0, 0.1) is 13.8 Å². The zero-order chi connectivity index (χ0) is 18.4. The van der Waals surface area contributed by atoms with Gasteiger partial charge in [-0.25, -0.2) is 0 Å². The first-order valence-corrected chi connectivity index (χ1v) is 8.93. The van der Waals surface area contributed by atoms with E-state index in [2.05, 4.69) is 34.7 Å². The van der Waals surface area contributed by atoms with Gasteiger partial charge in [0.25, 0.3) is 0 Å². The summed E-state index contributed by atoms with van der Waals surface area (Å²) >= 11 is 0. The minimum absolute atomic E-state index is 0.0504. The molecule has 134 valence electrons. The molecule has 3 rings (SSSR count). The maximum Gasteiger partial charge on any atom is 0.220 e. The third-order valence-corrected chi connectivity index (χ3v) is 4.67. The number of nitrogens with zero attached hydrogens (tertiary/aromatic N) is 1. The molecule has 0 bridgehead atoms. The highest BCUT2D eigenvalue weighted by atomic mass is 16.5. The predicted molar refractivity (Wildman–Crippen MR) is 102 cm³/mol. The Balaban J connectivity index is 1.64. The van der Waals surface area contributed by atoms with Gasteiger partial charge < -0.3 is 9.84 Å². The number of hydrogen-bond donors (Lipinski definition) is 1. The smallest absolute Gasteiger partial charge is 0.220 e. The molecule has 0 radical (unpaired) electrons. The summed E-state index contributed by atoms with van der Waals surface area (Å²) in [5.74, 6) is 0.925. The summed E-state index contributed by atoms with van der Waals surface area (Å²) in [7, 11) is 0. The van der Waals surface area contributed by atoms with Gasteiger partial charge >= 0.3 is 0 Å². The summed E-state index contributed by atoms with van der Waals surface area (Å²) in [5.41, 5.74) is 4.27. The molecule has 26 heavy (non-hydrogen) atoms. The minimum Gasteiger partial charge on any atom is -0.361 e. The molecule has 1 N–H and O–H groups in total. The fraction of sp³-hybridized carbons (Fsp3) is 0.273. The first-order chi connectivity index (χ1) is 12.6. The highest BCUT2D eigenvalue weighted by molar-refractivity contribution is 5.77. The molecule has 0 atom stereocenters. The lowest BCUT2D eigenvalue weighted by Crippen LogP contribution is -2.27. The molecule has 0 aliphatic heterocycles. The molecular formula is C22H24N2O2. The molecule has 2 aromatic carbocycles. The molecule has 4 heteroatoms. The summed E-state index contributed by atoms with van der Waals surface area (Å²) in [6.45, 7) is 4.41. The van der Waals surface area contributed by atoms with Crippen molar-refractivity contribution < 1.29 is 9.32 Å². The maximum atomic E-state index is 12.5. The highest BCUT2D eigenvalue weighted by Gasteiger charge is 2.18. The van der Waals surface area contributed by atoms with Crippen LogP contribution < -0.4 is 5.32 Å². The second-order valence-corrected chi connectivity index (χ2v) is 6.48. The van der Waals surface area contributed by atoms with Crippen LogP contribution in [0.25, 0.3) is 0 Å². The number of carbonyl (C=O) groups is 1. The van der Waals surface area contributed by atoms with Gasteiger partial charge in [-0.3, -0.25) is 4.79 Å². The van der Waals surface area contributed by atoms with E-state index < -0.39 is 0 Å². The van der Waals surface area contributed by atoms with Crippen LogP contribution in [0.4, 0.5) is 0 Å². The maximum absolute atomic E-state index is 12.5. The van der Waals surface area contributed by atoms with E-state index in [9.17, 15) is 4.79 Å². The SMILES string of the molecule is Cc1noc(C)c1CCNC(=O)CC(c1ccccc1)c1ccccc1. The lowest BCUT2D eigenvalue weighted by atomic mass is 9.88. The van der Waals surface area contributed by atoms with Gasteiger partial charge in [0, 0.05) is 24.4 Å². The molecule has 1 heterocycles. The first kappa shape index (κ1) is 17.9. The van der Waals surface area contributed by atoms with Crippen molar-refractivity contribution in [3.63, 3.8) is 0 Å². The standard InChI is InChI=1S/C22H24N2O2/c1-16-20(17(2)26-24-16)13-14-23-22(25)15-21(18-9-5-3-6-10-18)19-11-7-4-8-12-19/h3-12,21H,13-15H2,1-2H3,(H,23,25). The normalized spacial score (nSPS) is 10.9. The number of benzene rings is 2. The summed E-state index contributed by atoms with van der Waals surface area (Å²) in [6.07, 6.45) is 1.16. The third-order valence-electron chi connectivity index (χ3n) is 4.67. The van der Waals surface area contributed by atoms with Gasteiger partial charge in [-0.15, -0.1) is 0 Å². The van der Waals surface area contributed by atoms with Crippen molar-refractivity contribution in [1.29, 1.82) is 0 Å². The van der Waals surface area contributed by atoms with Gasteiger partial charge in [-0.2, -0.15) is 0 Å². The lowest BCUT2D eigenvalue weighted by molar-refractivity contribution is -0.121. The predicted octanol–water partition coefficient (Wildman–Crippen LogP) is 4.17. The molecule has 1 amide bonds. The van der Waals surface area contributed by atoms with Crippen LogP contribution in [0.3, 0.4) is 0 Å². The van der Waals surface area contributed by atoms with Gasteiger partial charge in [-0.05, 0) is 31.4 Å². The molecule has 0 aliphatic rings. The van der Waals surface area contributed by atoms with E-state index in [1.54, 1.807) is 0 Å². The number of hydrogen-bond acceptors (Lipinski definition) is 3. The number of carbonyl (C=O) groups excluding carboxylic acids is 1. The topological polar surface area (TPSA) is 55.1 Å². The van der Waals surface area contributed by atoms with Gasteiger partial charge in [0.2, 0.25) is 5.91 Å². The van der Waals surface area contributed by atoms with Crippen LogP contribution in [0.1, 0.15) is 40.5 Å². The number of nitrogens with one attached hydrogen (secondary N) is 1. The van der Waals surface area contributed by atoms with Crippen LogP contribution >= 0.6 is 0 Å². The average molecular weight is 348 g/mol. The highest BCUT2D eigenvalue weighted by Crippen LogP contribution is 2.27. The molecule has 0 saturated carbocycles. The molecule has 0 unspecified atom stereocenters. The quantitative estimate of drug-likeness (QED) is 0.697. The zero-order valence-corrected chi connectivity index (χ0v) is 15.2. The van der Waals surface area contributed by atoms with E-state index in [1.165, 1.54) is 0 Å². The van der Waals surface area contributed by atoms with E-state index in [0.29, 0.717) is 13.0 Å². The molecule has 0 aliphatic carbocycles. The van der Waals surface area contributed by atoms with Crippen molar-refractivity contribution in [2.75, 3.05) is 6.54 Å². The third kappa shape index (κ3) is 4.39. The van der Waals surface area contributed by atoms with Crippen molar-refractivity contribution >= 4 is 5.91 Å². The van der Waals surface area contributed by atoms with Crippen LogP contribution in [0.5, 0.6) is 0 Å². The van der Waals surface area contributed by atoms with Crippen LogP contribution in [0.2, 0.25) is 0 Å². The Morgan fingerprint density at radius 3 is 2.08 bits per heavy atom. The van der Waals surface area contributed by atoms with Crippen molar-refractivity contribution in [3.05, 3.63) is 88.8 Å². The number of amides is 1. The second-order valence-electron chi connectivity index (χ2n) is 6.48. The Morgan fingerprint density at radius 1 is 1.00 bits per heavy atom. The molecule has 0 fully saturated rings. The van der Waals surface area contributed by atoms with E-state index in [0.717, 1.165) is 34.6 Å². The average Bonchev–Trinajstić information content (AvgIpc) is 2.99. The number of aromatic nitrogens is 1. The van der Waals surface area contributed by atoms with E-state index >= 15 is 0 Å². The van der Waals surface area contributed by atoms with Crippen molar-refractivity contribution in [3.8, 4) is 0 Å². The molecule has 4 nitrogen and oxygen atoms in total. The van der Waals surface area contributed by atoms with Crippen LogP contribution in [-0.2, 0) is 11.2 Å². The largest absolute Gasteiger partial charge is 0.361 e. The summed E-state index contributed by atoms with van der Waals surface area (Å²) in [6, 6.07) is 20.4. The first-order valence-electron chi connectivity index (χ1n) is 8.93. The zero-order valence-electron chi connectivity index (χ0n) is 15.2. The minimum atomic E-state index is 0.0504. The van der Waals surface area contributed by atoms with Gasteiger partial charge in [-0.1, -0.05) is 65.8 Å². The Morgan fingerprint density at radius 2 is 1.58 bits per heavy atom. The van der Waals surface area contributed by atoms with Crippen LogP contribution in [0.15, 0.2) is 65.2 Å². The Bertz CT molecular complexity index is 782. The molecular weight excluding hydrogens is 324 g/mol. The summed E-state index contributed by atoms with van der Waals surface area (Å²) in [4.78, 5) is 12.5. The van der Waals surface area contributed by atoms with Crippen molar-refractivity contribution in [2.45, 2.75) is 32.6 Å². The summed E-state index contributed by atoms with van der Waals surface area (Å²) in [5, 5.41) is 6.99. The molecule has 3 aromatic rings. The van der Waals surface area contributed by atoms with Crippen LogP contribution in [-0.4, -0.2) is 17.6 Å². The summed E-state index contributed by atoms with van der Waals surface area (Å²) < 4.78 is 5.17. The van der Waals surface area contributed by atoms with Gasteiger partial charge in [0.1, 0.15) is 5.76 Å². The Labute approximate surface area is 154 Å². The lowest BCUT2D eigenvalue weighted by Gasteiger charge is -2.18. The Kier molecular flexibility index (Phi) is 5.84. The van der Waals surface area contributed by atoms with Gasteiger partial charge in [0.15, 0.2) is 0 Å².